The van der Waals surface area contributed by atoms with Crippen molar-refractivity contribution >= 4 is 15.9 Å². The summed E-state index contributed by atoms with van der Waals surface area (Å²) < 4.78 is 1.09. The van der Waals surface area contributed by atoms with Gasteiger partial charge in [0.15, 0.2) is 0 Å². The fraction of sp³-hybridized carbons (Fsp3) is 0.538. The van der Waals surface area contributed by atoms with Gasteiger partial charge >= 0.3 is 0 Å². The largest absolute Gasteiger partial charge is 0.396 e. The van der Waals surface area contributed by atoms with Gasteiger partial charge in [0.05, 0.1) is 6.61 Å². The summed E-state index contributed by atoms with van der Waals surface area (Å²) in [6, 6.07) is 8.32. The molecule has 1 aliphatic heterocycles. The topological polar surface area (TPSA) is 32.3 Å². The highest BCUT2D eigenvalue weighted by atomic mass is 79.9. The molecule has 2 unspecified atom stereocenters. The molecule has 0 spiro atoms. The van der Waals surface area contributed by atoms with Crippen LogP contribution in [0.4, 0.5) is 0 Å². The lowest BCUT2D eigenvalue weighted by Crippen LogP contribution is -2.34. The lowest BCUT2D eigenvalue weighted by atomic mass is 9.82. The Labute approximate surface area is 105 Å². The van der Waals surface area contributed by atoms with Crippen LogP contribution >= 0.6 is 15.9 Å². The third-order valence-corrected chi connectivity index (χ3v) is 3.93. The van der Waals surface area contributed by atoms with Crippen molar-refractivity contribution in [2.24, 2.45) is 5.92 Å². The van der Waals surface area contributed by atoms with Crippen LogP contribution in [0.1, 0.15) is 24.3 Å². The van der Waals surface area contributed by atoms with Crippen molar-refractivity contribution in [2.75, 3.05) is 19.7 Å². The molecule has 2 nitrogen and oxygen atoms in total. The lowest BCUT2D eigenvalue weighted by molar-refractivity contribution is 0.204. The van der Waals surface area contributed by atoms with Crippen molar-refractivity contribution in [1.82, 2.24) is 5.32 Å². The zero-order valence-electron chi connectivity index (χ0n) is 9.32. The van der Waals surface area contributed by atoms with E-state index in [-0.39, 0.29) is 12.5 Å². The number of aliphatic hydroxyl groups excluding tert-OH is 1. The molecule has 0 radical (unpaired) electrons. The summed E-state index contributed by atoms with van der Waals surface area (Å²) in [4.78, 5) is 0. The third kappa shape index (κ3) is 2.84. The van der Waals surface area contributed by atoms with Gasteiger partial charge in [-0.2, -0.15) is 0 Å². The Hall–Kier alpha value is -0.380. The molecule has 1 aliphatic rings. The predicted molar refractivity (Wildman–Crippen MR) is 69.6 cm³/mol. The van der Waals surface area contributed by atoms with E-state index in [1.165, 1.54) is 18.4 Å². The molecule has 0 amide bonds. The van der Waals surface area contributed by atoms with Crippen LogP contribution < -0.4 is 5.32 Å². The molecule has 1 aromatic rings. The molecular formula is C13H18BrNO. The molecule has 88 valence electrons. The van der Waals surface area contributed by atoms with Gasteiger partial charge in [0, 0.05) is 10.4 Å². The summed E-state index contributed by atoms with van der Waals surface area (Å²) in [7, 11) is 0. The smallest absolute Gasteiger partial charge is 0.0502 e. The molecule has 2 rings (SSSR count). The highest BCUT2D eigenvalue weighted by molar-refractivity contribution is 9.10. The van der Waals surface area contributed by atoms with Crippen LogP contribution in [0.3, 0.4) is 0 Å². The van der Waals surface area contributed by atoms with Gasteiger partial charge in [-0.1, -0.05) is 28.1 Å². The van der Waals surface area contributed by atoms with Gasteiger partial charge in [-0.3, -0.25) is 0 Å². The maximum atomic E-state index is 9.56. The van der Waals surface area contributed by atoms with E-state index in [0.717, 1.165) is 17.6 Å². The first kappa shape index (κ1) is 12.1. The van der Waals surface area contributed by atoms with Crippen LogP contribution in [0.25, 0.3) is 0 Å². The number of aliphatic hydroxyl groups is 1. The Bertz CT molecular complexity index is 319. The lowest BCUT2D eigenvalue weighted by Gasteiger charge is -2.30. The Balaban J connectivity index is 2.11. The quantitative estimate of drug-likeness (QED) is 0.894. The van der Waals surface area contributed by atoms with Crippen molar-refractivity contribution in [3.8, 4) is 0 Å². The Morgan fingerprint density at radius 2 is 2.12 bits per heavy atom. The number of rotatable bonds is 3. The summed E-state index contributed by atoms with van der Waals surface area (Å²) >= 11 is 3.44. The molecule has 2 atom stereocenters. The molecule has 2 N–H and O–H groups in total. The van der Waals surface area contributed by atoms with E-state index in [2.05, 4.69) is 33.4 Å². The average Bonchev–Trinajstić information content (AvgIpc) is 2.34. The van der Waals surface area contributed by atoms with E-state index in [1.807, 2.05) is 12.1 Å². The first-order valence-electron chi connectivity index (χ1n) is 5.88. The minimum atomic E-state index is 0.244. The van der Waals surface area contributed by atoms with Gasteiger partial charge in [-0.05, 0) is 49.5 Å². The Kier molecular flexibility index (Phi) is 4.38. The van der Waals surface area contributed by atoms with E-state index in [4.69, 9.17) is 0 Å². The van der Waals surface area contributed by atoms with Gasteiger partial charge in [0.1, 0.15) is 0 Å². The molecule has 0 saturated carbocycles. The van der Waals surface area contributed by atoms with Crippen LogP contribution in [-0.2, 0) is 0 Å². The van der Waals surface area contributed by atoms with Crippen LogP contribution in [0, 0.1) is 5.92 Å². The van der Waals surface area contributed by atoms with Crippen molar-refractivity contribution in [3.05, 3.63) is 34.3 Å². The van der Waals surface area contributed by atoms with E-state index in [1.54, 1.807) is 0 Å². The van der Waals surface area contributed by atoms with E-state index in [9.17, 15) is 5.11 Å². The van der Waals surface area contributed by atoms with E-state index in [0.29, 0.717) is 5.92 Å². The predicted octanol–water partition coefficient (Wildman–Crippen LogP) is 2.52. The number of nitrogens with one attached hydrogen (secondary N) is 1. The summed E-state index contributed by atoms with van der Waals surface area (Å²) in [5.41, 5.74) is 1.25. The molecule has 1 heterocycles. The number of benzene rings is 1. The van der Waals surface area contributed by atoms with Crippen molar-refractivity contribution in [3.63, 3.8) is 0 Å². The highest BCUT2D eigenvalue weighted by Gasteiger charge is 2.24. The van der Waals surface area contributed by atoms with Crippen LogP contribution in [-0.4, -0.2) is 24.8 Å². The second-order valence-corrected chi connectivity index (χ2v) is 5.36. The Morgan fingerprint density at radius 3 is 2.69 bits per heavy atom. The highest BCUT2D eigenvalue weighted by Crippen LogP contribution is 2.29. The molecule has 16 heavy (non-hydrogen) atoms. The molecular weight excluding hydrogens is 266 g/mol. The van der Waals surface area contributed by atoms with Crippen molar-refractivity contribution < 1.29 is 5.11 Å². The summed E-state index contributed by atoms with van der Waals surface area (Å²) in [5.74, 6) is 0.848. The van der Waals surface area contributed by atoms with E-state index < -0.39 is 0 Å². The molecule has 1 fully saturated rings. The molecule has 3 heteroatoms. The van der Waals surface area contributed by atoms with Crippen LogP contribution in [0.2, 0.25) is 0 Å². The fourth-order valence-corrected chi connectivity index (χ4v) is 2.72. The van der Waals surface area contributed by atoms with Gasteiger partial charge in [0.2, 0.25) is 0 Å². The zero-order valence-corrected chi connectivity index (χ0v) is 10.9. The first-order chi connectivity index (χ1) is 7.81. The first-order valence-corrected chi connectivity index (χ1v) is 6.67. The summed E-state index contributed by atoms with van der Waals surface area (Å²) in [6.07, 6.45) is 2.44. The second-order valence-electron chi connectivity index (χ2n) is 4.45. The minimum absolute atomic E-state index is 0.244. The minimum Gasteiger partial charge on any atom is -0.396 e. The SMILES string of the molecule is OCC(c1ccc(Br)cc1)C1CCCNC1. The van der Waals surface area contributed by atoms with Crippen LogP contribution in [0.15, 0.2) is 28.7 Å². The monoisotopic (exact) mass is 283 g/mol. The number of halogens is 1. The fourth-order valence-electron chi connectivity index (χ4n) is 2.46. The number of hydrogen-bond donors (Lipinski definition) is 2. The number of hydrogen-bond acceptors (Lipinski definition) is 2. The Morgan fingerprint density at radius 1 is 1.38 bits per heavy atom. The van der Waals surface area contributed by atoms with Gasteiger partial charge in [-0.25, -0.2) is 0 Å². The van der Waals surface area contributed by atoms with Gasteiger partial charge < -0.3 is 10.4 Å². The third-order valence-electron chi connectivity index (χ3n) is 3.40. The molecule has 1 aromatic carbocycles. The van der Waals surface area contributed by atoms with Crippen molar-refractivity contribution in [2.45, 2.75) is 18.8 Å². The van der Waals surface area contributed by atoms with E-state index >= 15 is 0 Å². The van der Waals surface area contributed by atoms with Crippen molar-refractivity contribution in [1.29, 1.82) is 0 Å². The van der Waals surface area contributed by atoms with Gasteiger partial charge in [0.25, 0.3) is 0 Å². The maximum absolute atomic E-state index is 9.56. The molecule has 0 bridgehead atoms. The zero-order chi connectivity index (χ0) is 11.4. The standard InChI is InChI=1S/C13H18BrNO/c14-12-5-3-10(4-6-12)13(9-16)11-2-1-7-15-8-11/h3-6,11,13,15-16H,1-2,7-9H2. The maximum Gasteiger partial charge on any atom is 0.0502 e. The van der Waals surface area contributed by atoms with Gasteiger partial charge in [-0.15, -0.1) is 0 Å². The second kappa shape index (κ2) is 5.80. The normalized spacial score (nSPS) is 23.0. The average molecular weight is 284 g/mol. The number of piperidine rings is 1. The summed E-state index contributed by atoms with van der Waals surface area (Å²) in [6.45, 7) is 2.39. The molecule has 1 saturated heterocycles. The molecule has 0 aliphatic carbocycles. The summed E-state index contributed by atoms with van der Waals surface area (Å²) in [5, 5.41) is 13.0. The molecule has 0 aromatic heterocycles. The van der Waals surface area contributed by atoms with Crippen LogP contribution in [0.5, 0.6) is 0 Å².